The molecule has 0 atom stereocenters. The summed E-state index contributed by atoms with van der Waals surface area (Å²) in [6.07, 6.45) is 0.760. The van der Waals surface area contributed by atoms with Crippen LogP contribution < -0.4 is 15.3 Å². The van der Waals surface area contributed by atoms with E-state index in [1.165, 1.54) is 0 Å². The van der Waals surface area contributed by atoms with Gasteiger partial charge in [0.25, 0.3) is 0 Å². The Bertz CT molecular complexity index is 374. The molecule has 0 spiro atoms. The molecule has 0 aromatic heterocycles. The molecule has 1 aromatic carbocycles. The van der Waals surface area contributed by atoms with Gasteiger partial charge in [0, 0.05) is 18.1 Å². The van der Waals surface area contributed by atoms with Crippen LogP contribution in [-0.2, 0) is 0 Å². The molecule has 0 saturated heterocycles. The maximum Gasteiger partial charge on any atom is 0.132 e. The predicted molar refractivity (Wildman–Crippen MR) is 53.8 cm³/mol. The molecule has 74 valence electrons. The lowest BCUT2D eigenvalue weighted by molar-refractivity contribution is 0.317. The van der Waals surface area contributed by atoms with Crippen molar-refractivity contribution in [1.29, 1.82) is 0 Å². The van der Waals surface area contributed by atoms with Gasteiger partial charge in [0.1, 0.15) is 11.5 Å². The minimum atomic E-state index is 0.621. The van der Waals surface area contributed by atoms with Gasteiger partial charge in [-0.1, -0.05) is 0 Å². The Balaban J connectivity index is 2.46. The van der Waals surface area contributed by atoms with Crippen LogP contribution in [0.1, 0.15) is 12.0 Å². The molecule has 0 radical (unpaired) electrons. The third kappa shape index (κ3) is 1.39. The number of rotatable bonds is 1. The van der Waals surface area contributed by atoms with Crippen LogP contribution in [-0.4, -0.2) is 19.4 Å². The Morgan fingerprint density at radius 2 is 2.36 bits per heavy atom. The molecule has 0 unspecified atom stereocenters. The molecule has 4 nitrogen and oxygen atoms in total. The van der Waals surface area contributed by atoms with E-state index >= 15 is 0 Å². The summed E-state index contributed by atoms with van der Waals surface area (Å²) in [6.45, 7) is 0.621. The highest BCUT2D eigenvalue weighted by molar-refractivity contribution is 6.03. The Morgan fingerprint density at radius 1 is 1.50 bits per heavy atom. The first-order valence-electron chi connectivity index (χ1n) is 4.43. The molecule has 1 aliphatic heterocycles. The molecule has 0 amide bonds. The van der Waals surface area contributed by atoms with E-state index < -0.39 is 0 Å². The van der Waals surface area contributed by atoms with Crippen LogP contribution in [0.4, 0.5) is 0 Å². The molecule has 1 heterocycles. The third-order valence-corrected chi connectivity index (χ3v) is 2.25. The fourth-order valence-electron chi connectivity index (χ4n) is 1.51. The van der Waals surface area contributed by atoms with Crippen LogP contribution in [0.5, 0.6) is 11.5 Å². The molecule has 0 aliphatic carbocycles. The Hall–Kier alpha value is -1.71. The maximum absolute atomic E-state index is 5.48. The van der Waals surface area contributed by atoms with Crippen LogP contribution in [0, 0.1) is 0 Å². The van der Waals surface area contributed by atoms with Crippen molar-refractivity contribution in [3.05, 3.63) is 23.8 Å². The molecule has 2 rings (SSSR count). The fourth-order valence-corrected chi connectivity index (χ4v) is 1.51. The van der Waals surface area contributed by atoms with Gasteiger partial charge in [0.15, 0.2) is 0 Å². The summed E-state index contributed by atoms with van der Waals surface area (Å²) < 4.78 is 10.6. The number of ether oxygens (including phenoxy) is 2. The van der Waals surface area contributed by atoms with Crippen molar-refractivity contribution in [2.45, 2.75) is 6.42 Å². The van der Waals surface area contributed by atoms with E-state index in [9.17, 15) is 0 Å². The highest BCUT2D eigenvalue weighted by atomic mass is 16.5. The van der Waals surface area contributed by atoms with E-state index in [0.29, 0.717) is 6.61 Å². The van der Waals surface area contributed by atoms with Gasteiger partial charge in [0.05, 0.1) is 19.4 Å². The van der Waals surface area contributed by atoms with Crippen molar-refractivity contribution in [3.8, 4) is 11.5 Å². The molecule has 2 N–H and O–H groups in total. The quantitative estimate of drug-likeness (QED) is 0.536. The summed E-state index contributed by atoms with van der Waals surface area (Å²) in [4.78, 5) is 0. The molecule has 14 heavy (non-hydrogen) atoms. The van der Waals surface area contributed by atoms with E-state index in [1.807, 2.05) is 18.2 Å². The molecular formula is C10H12N2O2. The zero-order valence-corrected chi connectivity index (χ0v) is 7.99. The number of nitrogens with two attached hydrogens (primary N) is 1. The van der Waals surface area contributed by atoms with Crippen LogP contribution >= 0.6 is 0 Å². The number of hydrazone groups is 1. The van der Waals surface area contributed by atoms with Gasteiger partial charge >= 0.3 is 0 Å². The van der Waals surface area contributed by atoms with Gasteiger partial charge in [-0.25, -0.2) is 0 Å². The van der Waals surface area contributed by atoms with Crippen molar-refractivity contribution in [3.63, 3.8) is 0 Å². The monoisotopic (exact) mass is 192 g/mol. The number of hydrogen-bond acceptors (Lipinski definition) is 4. The summed E-state index contributed by atoms with van der Waals surface area (Å²) >= 11 is 0. The number of nitrogens with zero attached hydrogens (tertiary/aromatic N) is 1. The summed E-state index contributed by atoms with van der Waals surface area (Å²) in [5.74, 6) is 6.86. The van der Waals surface area contributed by atoms with Crippen LogP contribution in [0.15, 0.2) is 23.3 Å². The zero-order valence-electron chi connectivity index (χ0n) is 7.99. The lowest BCUT2D eigenvalue weighted by atomic mass is 10.0. The Kier molecular flexibility index (Phi) is 2.26. The minimum Gasteiger partial charge on any atom is -0.497 e. The van der Waals surface area contributed by atoms with E-state index in [0.717, 1.165) is 29.2 Å². The van der Waals surface area contributed by atoms with Crippen LogP contribution in [0.2, 0.25) is 0 Å². The Morgan fingerprint density at radius 3 is 3.07 bits per heavy atom. The zero-order chi connectivity index (χ0) is 9.97. The predicted octanol–water partition coefficient (Wildman–Crippen LogP) is 1.14. The molecule has 0 saturated carbocycles. The number of hydrogen-bond donors (Lipinski definition) is 1. The summed E-state index contributed by atoms with van der Waals surface area (Å²) in [5.41, 5.74) is 1.84. The van der Waals surface area contributed by atoms with Crippen LogP contribution in [0.25, 0.3) is 0 Å². The number of methoxy groups -OCH3 is 1. The molecule has 4 heteroatoms. The number of benzene rings is 1. The van der Waals surface area contributed by atoms with Gasteiger partial charge in [-0.05, 0) is 12.1 Å². The first-order chi connectivity index (χ1) is 6.85. The van der Waals surface area contributed by atoms with E-state index in [4.69, 9.17) is 15.3 Å². The summed E-state index contributed by atoms with van der Waals surface area (Å²) in [7, 11) is 1.63. The van der Waals surface area contributed by atoms with Gasteiger partial charge in [-0.15, -0.1) is 0 Å². The van der Waals surface area contributed by atoms with E-state index in [-0.39, 0.29) is 0 Å². The van der Waals surface area contributed by atoms with Crippen molar-refractivity contribution in [1.82, 2.24) is 0 Å². The number of fused-ring (bicyclic) bond motifs is 1. The largest absolute Gasteiger partial charge is 0.497 e. The Labute approximate surface area is 82.3 Å². The van der Waals surface area contributed by atoms with E-state index in [2.05, 4.69) is 5.10 Å². The van der Waals surface area contributed by atoms with Gasteiger partial charge in [0.2, 0.25) is 0 Å². The van der Waals surface area contributed by atoms with E-state index in [1.54, 1.807) is 7.11 Å². The minimum absolute atomic E-state index is 0.621. The SMILES string of the molecule is COc1ccc2c(c1)OCCC2=NN. The highest BCUT2D eigenvalue weighted by Crippen LogP contribution is 2.28. The molecule has 0 fully saturated rings. The average Bonchev–Trinajstić information content (AvgIpc) is 2.27. The highest BCUT2D eigenvalue weighted by Gasteiger charge is 2.16. The van der Waals surface area contributed by atoms with Crippen LogP contribution in [0.3, 0.4) is 0 Å². The van der Waals surface area contributed by atoms with Gasteiger partial charge in [-0.2, -0.15) is 5.10 Å². The van der Waals surface area contributed by atoms with Crippen molar-refractivity contribution in [2.75, 3.05) is 13.7 Å². The second-order valence-corrected chi connectivity index (χ2v) is 3.04. The molecule has 0 bridgehead atoms. The van der Waals surface area contributed by atoms with Crippen molar-refractivity contribution < 1.29 is 9.47 Å². The van der Waals surface area contributed by atoms with Gasteiger partial charge < -0.3 is 15.3 Å². The standard InChI is InChI=1S/C10H12N2O2/c1-13-7-2-3-8-9(12-11)4-5-14-10(8)6-7/h2-3,6H,4-5,11H2,1H3. The van der Waals surface area contributed by atoms with Gasteiger partial charge in [-0.3, -0.25) is 0 Å². The maximum atomic E-state index is 5.48. The summed E-state index contributed by atoms with van der Waals surface area (Å²) in [5, 5.41) is 3.74. The summed E-state index contributed by atoms with van der Waals surface area (Å²) in [6, 6.07) is 5.64. The fraction of sp³-hybridized carbons (Fsp3) is 0.300. The average molecular weight is 192 g/mol. The lowest BCUT2D eigenvalue weighted by Gasteiger charge is -2.18. The molecule has 1 aliphatic rings. The topological polar surface area (TPSA) is 56.8 Å². The second-order valence-electron chi connectivity index (χ2n) is 3.04. The van der Waals surface area contributed by atoms with Crippen molar-refractivity contribution >= 4 is 5.71 Å². The van der Waals surface area contributed by atoms with Crippen molar-refractivity contribution in [2.24, 2.45) is 10.9 Å². The third-order valence-electron chi connectivity index (χ3n) is 2.25. The molecule has 1 aromatic rings. The first-order valence-corrected chi connectivity index (χ1v) is 4.43. The normalized spacial score (nSPS) is 17.4. The first kappa shape index (κ1) is 8.87. The second kappa shape index (κ2) is 3.57. The molecular weight excluding hydrogens is 180 g/mol. The smallest absolute Gasteiger partial charge is 0.132 e. The lowest BCUT2D eigenvalue weighted by Crippen LogP contribution is -2.17.